The average Bonchev–Trinajstić information content (AvgIpc) is 3.28. The number of hydrogen-bond acceptors (Lipinski definition) is 6. The molecule has 8 nitrogen and oxygen atoms in total. The third-order valence-corrected chi connectivity index (χ3v) is 7.63. The number of carbonyl (C=O) groups excluding carboxylic acids is 2. The monoisotopic (exact) mass is 447 g/mol. The van der Waals surface area contributed by atoms with Crippen molar-refractivity contribution in [3.8, 4) is 0 Å². The minimum absolute atomic E-state index is 0.0451. The molecule has 3 saturated heterocycles. The van der Waals surface area contributed by atoms with Crippen LogP contribution < -0.4 is 20.9 Å². The molecular weight excluding hydrogens is 414 g/mol. The van der Waals surface area contributed by atoms with Crippen molar-refractivity contribution in [1.82, 2.24) is 20.9 Å². The first kappa shape index (κ1) is 22.2. The number of thioether (sulfide) groups is 1. The number of anilines is 1. The van der Waals surface area contributed by atoms with Gasteiger partial charge in [0, 0.05) is 43.3 Å². The Hall–Kier alpha value is -2.00. The molecule has 1 aromatic rings. The van der Waals surface area contributed by atoms with Crippen LogP contribution in [0.1, 0.15) is 45.1 Å². The third-order valence-electron chi connectivity index (χ3n) is 6.12. The number of rotatable bonds is 8. The number of unbranched alkanes of at least 4 members (excludes halogenated alkanes) is 1. The van der Waals surface area contributed by atoms with Crippen molar-refractivity contribution in [1.29, 1.82) is 0 Å². The predicted molar refractivity (Wildman–Crippen MR) is 122 cm³/mol. The Kier molecular flexibility index (Phi) is 7.22. The summed E-state index contributed by atoms with van der Waals surface area (Å²) in [4.78, 5) is 30.5. The Bertz CT molecular complexity index is 767. The second-order valence-electron chi connectivity index (χ2n) is 8.83. The van der Waals surface area contributed by atoms with Crippen LogP contribution in [-0.4, -0.2) is 65.3 Å². The maximum Gasteiger partial charge on any atom is 0.315 e. The van der Waals surface area contributed by atoms with E-state index in [0.29, 0.717) is 18.2 Å². The number of nitrogens with one attached hydrogen (secondary N) is 3. The van der Waals surface area contributed by atoms with Gasteiger partial charge in [-0.25, -0.2) is 9.78 Å². The molecule has 3 fully saturated rings. The third kappa shape index (κ3) is 5.83. The Morgan fingerprint density at radius 1 is 1.26 bits per heavy atom. The minimum Gasteiger partial charge on any atom is -0.372 e. The first-order valence-electron chi connectivity index (χ1n) is 11.3. The van der Waals surface area contributed by atoms with E-state index in [1.807, 2.05) is 30.1 Å². The summed E-state index contributed by atoms with van der Waals surface area (Å²) in [5.41, 5.74) is 1.00. The summed E-state index contributed by atoms with van der Waals surface area (Å²) in [6.45, 7) is 6.36. The molecule has 0 saturated carbocycles. The number of amides is 3. The second-order valence-corrected chi connectivity index (χ2v) is 10.1. The smallest absolute Gasteiger partial charge is 0.315 e. The minimum atomic E-state index is -0.0451. The summed E-state index contributed by atoms with van der Waals surface area (Å²) >= 11 is 1.92. The van der Waals surface area contributed by atoms with Crippen LogP contribution in [0.2, 0.25) is 0 Å². The summed E-state index contributed by atoms with van der Waals surface area (Å²) in [6.07, 6.45) is 5.68. The summed E-state index contributed by atoms with van der Waals surface area (Å²) < 4.78 is 5.78. The van der Waals surface area contributed by atoms with Crippen LogP contribution in [0, 0.1) is 0 Å². The van der Waals surface area contributed by atoms with Gasteiger partial charge in [-0.15, -0.1) is 0 Å². The SMILES string of the molecule is CC1CN(c2ccc(CNC(=O)CCCC[C@@H]3SC[C@@H]4NC(=O)N[C@@H]43)cn2)CC(C)O1. The van der Waals surface area contributed by atoms with Crippen LogP contribution in [-0.2, 0) is 16.1 Å². The molecule has 3 N–H and O–H groups in total. The highest BCUT2D eigenvalue weighted by atomic mass is 32.2. The normalized spacial score (nSPS) is 29.9. The van der Waals surface area contributed by atoms with E-state index in [1.165, 1.54) is 0 Å². The van der Waals surface area contributed by atoms with Gasteiger partial charge in [-0.05, 0) is 38.3 Å². The van der Waals surface area contributed by atoms with Gasteiger partial charge in [-0.1, -0.05) is 12.5 Å². The zero-order valence-electron chi connectivity index (χ0n) is 18.3. The summed E-state index contributed by atoms with van der Waals surface area (Å²) in [6, 6.07) is 4.52. The molecule has 31 heavy (non-hydrogen) atoms. The van der Waals surface area contributed by atoms with Gasteiger partial charge in [-0.2, -0.15) is 11.8 Å². The molecule has 0 aromatic carbocycles. The molecule has 4 rings (SSSR count). The summed E-state index contributed by atoms with van der Waals surface area (Å²) in [5, 5.41) is 9.43. The van der Waals surface area contributed by atoms with Gasteiger partial charge in [0.25, 0.3) is 0 Å². The van der Waals surface area contributed by atoms with E-state index < -0.39 is 0 Å². The number of hydrogen-bond donors (Lipinski definition) is 3. The highest BCUT2D eigenvalue weighted by Crippen LogP contribution is 2.33. The first-order valence-corrected chi connectivity index (χ1v) is 12.3. The van der Waals surface area contributed by atoms with Gasteiger partial charge in [0.15, 0.2) is 0 Å². The van der Waals surface area contributed by atoms with Crippen LogP contribution in [0.4, 0.5) is 10.6 Å². The number of carbonyl (C=O) groups is 2. The quantitative estimate of drug-likeness (QED) is 0.417. The standard InChI is InChI=1S/C22H33N5O3S/c1-14-11-27(12-15(2)30-14)19-8-7-16(9-23-19)10-24-20(28)6-4-3-5-18-21-17(13-31-18)25-22(29)26-21/h7-9,14-15,17-18,21H,3-6,10-13H2,1-2H3,(H,24,28)(H2,25,26,29)/t14?,15?,17-,18-,21-/m0/s1. The molecule has 9 heteroatoms. The fraction of sp³-hybridized carbons (Fsp3) is 0.682. The largest absolute Gasteiger partial charge is 0.372 e. The lowest BCUT2D eigenvalue weighted by Gasteiger charge is -2.36. The Balaban J connectivity index is 1.13. The fourth-order valence-electron chi connectivity index (χ4n) is 4.64. The van der Waals surface area contributed by atoms with E-state index in [-0.39, 0.29) is 36.2 Å². The van der Waals surface area contributed by atoms with Crippen molar-refractivity contribution in [3.63, 3.8) is 0 Å². The number of aromatic nitrogens is 1. The van der Waals surface area contributed by atoms with E-state index in [4.69, 9.17) is 4.74 Å². The highest BCUT2D eigenvalue weighted by Gasteiger charge is 2.42. The molecule has 0 aliphatic carbocycles. The van der Waals surface area contributed by atoms with Crippen molar-refractivity contribution >= 4 is 29.5 Å². The van der Waals surface area contributed by atoms with E-state index in [9.17, 15) is 9.59 Å². The van der Waals surface area contributed by atoms with Crippen molar-refractivity contribution < 1.29 is 14.3 Å². The van der Waals surface area contributed by atoms with E-state index >= 15 is 0 Å². The number of fused-ring (bicyclic) bond motifs is 1. The number of ether oxygens (including phenoxy) is 1. The molecule has 0 radical (unpaired) electrons. The molecule has 4 heterocycles. The molecule has 3 aliphatic rings. The number of pyridine rings is 1. The second kappa shape index (κ2) is 10.1. The topological polar surface area (TPSA) is 95.6 Å². The van der Waals surface area contributed by atoms with Gasteiger partial charge in [0.2, 0.25) is 5.91 Å². The zero-order valence-corrected chi connectivity index (χ0v) is 19.1. The molecule has 0 spiro atoms. The van der Waals surface area contributed by atoms with Gasteiger partial charge in [0.05, 0.1) is 24.3 Å². The Labute approximate surface area is 188 Å². The lowest BCUT2D eigenvalue weighted by molar-refractivity contribution is -0.121. The van der Waals surface area contributed by atoms with Gasteiger partial charge in [-0.3, -0.25) is 4.79 Å². The van der Waals surface area contributed by atoms with Crippen LogP contribution >= 0.6 is 11.8 Å². The Morgan fingerprint density at radius 3 is 2.81 bits per heavy atom. The number of urea groups is 1. The molecule has 3 amide bonds. The van der Waals surface area contributed by atoms with E-state index in [1.54, 1.807) is 0 Å². The predicted octanol–water partition coefficient (Wildman–Crippen LogP) is 2.04. The van der Waals surface area contributed by atoms with Crippen LogP contribution in [0.15, 0.2) is 18.3 Å². The summed E-state index contributed by atoms with van der Waals surface area (Å²) in [5.74, 6) is 2.01. The zero-order chi connectivity index (χ0) is 21.8. The molecule has 2 unspecified atom stereocenters. The van der Waals surface area contributed by atoms with Crippen LogP contribution in [0.3, 0.4) is 0 Å². The molecule has 1 aromatic heterocycles. The fourth-order valence-corrected chi connectivity index (χ4v) is 6.18. The molecular formula is C22H33N5O3S. The molecule has 0 bridgehead atoms. The van der Waals surface area contributed by atoms with Crippen molar-refractivity contribution in [2.24, 2.45) is 0 Å². The lowest BCUT2D eigenvalue weighted by atomic mass is 10.0. The lowest BCUT2D eigenvalue weighted by Crippen LogP contribution is -2.45. The average molecular weight is 448 g/mol. The molecule has 5 atom stereocenters. The van der Waals surface area contributed by atoms with Gasteiger partial charge >= 0.3 is 6.03 Å². The molecule has 3 aliphatic heterocycles. The summed E-state index contributed by atoms with van der Waals surface area (Å²) in [7, 11) is 0. The van der Waals surface area contributed by atoms with Crippen molar-refractivity contribution in [2.75, 3.05) is 23.7 Å². The van der Waals surface area contributed by atoms with Gasteiger partial charge < -0.3 is 25.6 Å². The highest BCUT2D eigenvalue weighted by molar-refractivity contribution is 8.00. The first-order chi connectivity index (χ1) is 15.0. The van der Waals surface area contributed by atoms with Crippen molar-refractivity contribution in [3.05, 3.63) is 23.9 Å². The maximum absolute atomic E-state index is 12.2. The molecule has 170 valence electrons. The van der Waals surface area contributed by atoms with Crippen molar-refractivity contribution in [2.45, 2.75) is 75.6 Å². The van der Waals surface area contributed by atoms with Crippen LogP contribution in [0.5, 0.6) is 0 Å². The maximum atomic E-state index is 12.2. The number of morpholine rings is 1. The number of nitrogens with zero attached hydrogens (tertiary/aromatic N) is 2. The van der Waals surface area contributed by atoms with E-state index in [2.05, 4.69) is 39.7 Å². The van der Waals surface area contributed by atoms with Gasteiger partial charge in [0.1, 0.15) is 5.82 Å². The van der Waals surface area contributed by atoms with E-state index in [0.717, 1.165) is 49.5 Å². The Morgan fingerprint density at radius 2 is 2.06 bits per heavy atom. The van der Waals surface area contributed by atoms with Crippen LogP contribution in [0.25, 0.3) is 0 Å².